The fraction of sp³-hybridized carbons (Fsp3) is 0.444. The minimum absolute atomic E-state index is 0.114. The Kier molecular flexibility index (Phi) is 5.08. The van der Waals surface area contributed by atoms with E-state index in [0.717, 1.165) is 6.42 Å². The van der Waals surface area contributed by atoms with Crippen molar-refractivity contribution in [1.82, 2.24) is 4.90 Å². The number of carbonyl (C=O) groups excluding carboxylic acids is 2. The van der Waals surface area contributed by atoms with Gasteiger partial charge in [-0.25, -0.2) is 0 Å². The lowest BCUT2D eigenvalue weighted by Crippen LogP contribution is -2.31. The molecule has 1 atom stereocenters. The molecule has 1 aromatic rings. The molecule has 0 saturated carbocycles. The lowest BCUT2D eigenvalue weighted by atomic mass is 9.92. The molecule has 0 saturated heterocycles. The number of phenols is 1. The van der Waals surface area contributed by atoms with Crippen LogP contribution in [-0.2, 0) is 9.59 Å². The summed E-state index contributed by atoms with van der Waals surface area (Å²) in [7, 11) is 0. The monoisotopic (exact) mass is 317 g/mol. The van der Waals surface area contributed by atoms with E-state index >= 15 is 0 Å². The molecule has 1 aromatic carbocycles. The summed E-state index contributed by atoms with van der Waals surface area (Å²) in [5.41, 5.74) is 0.878. The molecule has 2 N–H and O–H groups in total. The van der Waals surface area contributed by atoms with Gasteiger partial charge in [0.05, 0.1) is 11.6 Å². The van der Waals surface area contributed by atoms with Crippen LogP contribution < -0.4 is 0 Å². The number of rotatable bonds is 6. The van der Waals surface area contributed by atoms with Gasteiger partial charge in [0.1, 0.15) is 5.75 Å². The maximum atomic E-state index is 12.6. The molecule has 5 nitrogen and oxygen atoms in total. The molecule has 0 aromatic heterocycles. The van der Waals surface area contributed by atoms with Crippen molar-refractivity contribution in [2.75, 3.05) is 6.54 Å². The molecular weight excluding hydrogens is 294 g/mol. The van der Waals surface area contributed by atoms with E-state index in [2.05, 4.69) is 0 Å². The van der Waals surface area contributed by atoms with Crippen LogP contribution in [0.1, 0.15) is 45.2 Å². The van der Waals surface area contributed by atoms with Gasteiger partial charge in [0.15, 0.2) is 11.5 Å². The number of phenolic OH excluding ortho intramolecular Hbond substituents is 1. The van der Waals surface area contributed by atoms with Gasteiger partial charge in [0, 0.05) is 13.0 Å². The molecule has 1 unspecified atom stereocenters. The van der Waals surface area contributed by atoms with Crippen molar-refractivity contribution in [2.45, 2.75) is 39.7 Å². The number of carbonyl (C=O) groups is 2. The summed E-state index contributed by atoms with van der Waals surface area (Å²) in [5.74, 6) is -0.899. The largest absolute Gasteiger partial charge is 0.508 e. The van der Waals surface area contributed by atoms with Gasteiger partial charge in [-0.2, -0.15) is 0 Å². The average molecular weight is 317 g/mol. The van der Waals surface area contributed by atoms with E-state index in [1.807, 2.05) is 20.8 Å². The van der Waals surface area contributed by atoms with Crippen molar-refractivity contribution < 1.29 is 19.8 Å². The number of aromatic hydroxyl groups is 1. The summed E-state index contributed by atoms with van der Waals surface area (Å²) in [6.45, 7) is 6.23. The molecule has 1 aliphatic heterocycles. The SMILES string of the molecule is CCCN1C(=O)C(O)=C(C(=O)CC(C)C)C1c1ccc(O)cc1. The van der Waals surface area contributed by atoms with Gasteiger partial charge in [0.2, 0.25) is 0 Å². The Morgan fingerprint density at radius 1 is 1.22 bits per heavy atom. The molecule has 5 heteroatoms. The van der Waals surface area contributed by atoms with E-state index in [1.165, 1.54) is 17.0 Å². The number of Topliss-reactive ketones (excluding diaryl/α,β-unsaturated/α-hetero) is 1. The topological polar surface area (TPSA) is 77.8 Å². The Hall–Kier alpha value is -2.30. The zero-order valence-corrected chi connectivity index (χ0v) is 13.7. The first kappa shape index (κ1) is 17.1. The third-order valence-electron chi connectivity index (χ3n) is 3.87. The smallest absolute Gasteiger partial charge is 0.290 e. The van der Waals surface area contributed by atoms with Crippen LogP contribution in [0.4, 0.5) is 0 Å². The highest BCUT2D eigenvalue weighted by Crippen LogP contribution is 2.39. The predicted molar refractivity (Wildman–Crippen MR) is 87.0 cm³/mol. The Labute approximate surface area is 136 Å². The third-order valence-corrected chi connectivity index (χ3v) is 3.87. The standard InChI is InChI=1S/C18H23NO4/c1-4-9-19-16(12-5-7-13(20)8-6-12)15(17(22)18(19)23)14(21)10-11(2)3/h5-8,11,16,20,22H,4,9-10H2,1-3H3. The van der Waals surface area contributed by atoms with Gasteiger partial charge in [0.25, 0.3) is 5.91 Å². The van der Waals surface area contributed by atoms with Crippen LogP contribution in [-0.4, -0.2) is 33.3 Å². The second kappa shape index (κ2) is 6.86. The van der Waals surface area contributed by atoms with Crippen LogP contribution in [0.3, 0.4) is 0 Å². The van der Waals surface area contributed by atoms with Crippen molar-refractivity contribution in [3.63, 3.8) is 0 Å². The van der Waals surface area contributed by atoms with Crippen molar-refractivity contribution >= 4 is 11.7 Å². The number of hydrogen-bond acceptors (Lipinski definition) is 4. The first-order valence-corrected chi connectivity index (χ1v) is 7.93. The van der Waals surface area contributed by atoms with Crippen LogP contribution >= 0.6 is 0 Å². The molecule has 124 valence electrons. The van der Waals surface area contributed by atoms with Gasteiger partial charge in [-0.15, -0.1) is 0 Å². The number of hydrogen-bond donors (Lipinski definition) is 2. The van der Waals surface area contributed by atoms with Crippen molar-refractivity contribution in [3.8, 4) is 5.75 Å². The van der Waals surface area contributed by atoms with Gasteiger partial charge >= 0.3 is 0 Å². The normalized spacial score (nSPS) is 18.2. The van der Waals surface area contributed by atoms with E-state index in [0.29, 0.717) is 12.1 Å². The summed E-state index contributed by atoms with van der Waals surface area (Å²) in [6, 6.07) is 5.80. The summed E-state index contributed by atoms with van der Waals surface area (Å²) < 4.78 is 0. The quantitative estimate of drug-likeness (QED) is 0.845. The molecule has 0 fully saturated rings. The van der Waals surface area contributed by atoms with Crippen molar-refractivity contribution in [1.29, 1.82) is 0 Å². The Balaban J connectivity index is 2.48. The predicted octanol–water partition coefficient (Wildman–Crippen LogP) is 3.11. The maximum absolute atomic E-state index is 12.6. The first-order chi connectivity index (χ1) is 10.9. The molecule has 1 aliphatic rings. The number of aliphatic hydroxyl groups excluding tert-OH is 1. The second-order valence-corrected chi connectivity index (χ2v) is 6.28. The van der Waals surface area contributed by atoms with E-state index in [4.69, 9.17) is 0 Å². The molecular formula is C18H23NO4. The number of amides is 1. The third kappa shape index (κ3) is 3.38. The van der Waals surface area contributed by atoms with Crippen molar-refractivity contribution in [3.05, 3.63) is 41.2 Å². The zero-order chi connectivity index (χ0) is 17.1. The van der Waals surface area contributed by atoms with Crippen LogP contribution in [0.15, 0.2) is 35.6 Å². The summed E-state index contributed by atoms with van der Waals surface area (Å²) in [4.78, 5) is 26.5. The molecule has 1 heterocycles. The summed E-state index contributed by atoms with van der Waals surface area (Å²) in [5, 5.41) is 19.7. The van der Waals surface area contributed by atoms with Crippen LogP contribution in [0, 0.1) is 5.92 Å². The zero-order valence-electron chi connectivity index (χ0n) is 13.7. The first-order valence-electron chi connectivity index (χ1n) is 7.93. The van der Waals surface area contributed by atoms with Crippen LogP contribution in [0.5, 0.6) is 5.75 Å². The van der Waals surface area contributed by atoms with E-state index < -0.39 is 17.7 Å². The highest BCUT2D eigenvalue weighted by Gasteiger charge is 2.42. The molecule has 0 aliphatic carbocycles. The van der Waals surface area contributed by atoms with Gasteiger partial charge in [-0.3, -0.25) is 9.59 Å². The highest BCUT2D eigenvalue weighted by atomic mass is 16.3. The summed E-state index contributed by atoms with van der Waals surface area (Å²) in [6.07, 6.45) is 1.00. The van der Waals surface area contributed by atoms with E-state index in [-0.39, 0.29) is 29.4 Å². The van der Waals surface area contributed by atoms with E-state index in [9.17, 15) is 19.8 Å². The Morgan fingerprint density at radius 2 is 1.83 bits per heavy atom. The van der Waals surface area contributed by atoms with Gasteiger partial charge in [-0.05, 0) is 30.0 Å². The fourth-order valence-corrected chi connectivity index (χ4v) is 2.89. The number of ketones is 1. The second-order valence-electron chi connectivity index (χ2n) is 6.28. The lowest BCUT2D eigenvalue weighted by molar-refractivity contribution is -0.129. The van der Waals surface area contributed by atoms with Gasteiger partial charge in [-0.1, -0.05) is 32.9 Å². The van der Waals surface area contributed by atoms with Gasteiger partial charge < -0.3 is 15.1 Å². The Bertz CT molecular complexity index is 631. The highest BCUT2D eigenvalue weighted by molar-refractivity contribution is 6.09. The minimum atomic E-state index is -0.589. The lowest BCUT2D eigenvalue weighted by Gasteiger charge is -2.26. The molecule has 23 heavy (non-hydrogen) atoms. The number of aliphatic hydroxyl groups is 1. The molecule has 2 rings (SSSR count). The molecule has 0 bridgehead atoms. The minimum Gasteiger partial charge on any atom is -0.508 e. The van der Waals surface area contributed by atoms with E-state index in [1.54, 1.807) is 12.1 Å². The number of nitrogens with zero attached hydrogens (tertiary/aromatic N) is 1. The van der Waals surface area contributed by atoms with Crippen LogP contribution in [0.2, 0.25) is 0 Å². The van der Waals surface area contributed by atoms with Crippen molar-refractivity contribution in [2.24, 2.45) is 5.92 Å². The molecule has 0 spiro atoms. The maximum Gasteiger partial charge on any atom is 0.290 e. The average Bonchev–Trinajstić information content (AvgIpc) is 2.73. The Morgan fingerprint density at radius 3 is 2.35 bits per heavy atom. The fourth-order valence-electron chi connectivity index (χ4n) is 2.89. The summed E-state index contributed by atoms with van der Waals surface area (Å²) >= 11 is 0. The molecule has 0 radical (unpaired) electrons. The molecule has 1 amide bonds. The van der Waals surface area contributed by atoms with Crippen LogP contribution in [0.25, 0.3) is 0 Å². The number of benzene rings is 1.